The summed E-state index contributed by atoms with van der Waals surface area (Å²) in [6.45, 7) is 0. The van der Waals surface area contributed by atoms with Gasteiger partial charge in [-0.3, -0.25) is 0 Å². The highest BCUT2D eigenvalue weighted by Crippen LogP contribution is 2.49. The largest absolute Gasteiger partial charge is 0.309 e. The highest BCUT2D eigenvalue weighted by Gasteiger charge is 2.28. The third-order valence-corrected chi connectivity index (χ3v) is 17.7. The molecule has 422 valence electrons. The van der Waals surface area contributed by atoms with Gasteiger partial charge in [0.15, 0.2) is 17.5 Å². The first-order valence-corrected chi connectivity index (χ1v) is 30.4. The van der Waals surface area contributed by atoms with Gasteiger partial charge in [-0.1, -0.05) is 206 Å². The predicted molar refractivity (Wildman–Crippen MR) is 370 cm³/mol. The maximum Gasteiger partial charge on any atom is 0.164 e. The summed E-state index contributed by atoms with van der Waals surface area (Å²) in [7, 11) is 0. The van der Waals surface area contributed by atoms with E-state index in [2.05, 4.69) is 256 Å². The summed E-state index contributed by atoms with van der Waals surface area (Å²) >= 11 is 0. The van der Waals surface area contributed by atoms with Gasteiger partial charge in [0.2, 0.25) is 0 Å². The molecule has 0 saturated heterocycles. The molecule has 0 spiro atoms. The van der Waals surface area contributed by atoms with E-state index in [9.17, 15) is 10.5 Å². The fourth-order valence-corrected chi connectivity index (χ4v) is 13.7. The van der Waals surface area contributed by atoms with Crippen molar-refractivity contribution in [2.24, 2.45) is 0 Å². The molecule has 17 aromatic rings. The van der Waals surface area contributed by atoms with Gasteiger partial charge >= 0.3 is 0 Å². The van der Waals surface area contributed by atoms with Gasteiger partial charge < -0.3 is 13.7 Å². The summed E-state index contributed by atoms with van der Waals surface area (Å²) in [4.78, 5) is 16.2. The van der Waals surface area contributed by atoms with Crippen molar-refractivity contribution in [3.05, 3.63) is 314 Å². The summed E-state index contributed by atoms with van der Waals surface area (Å²) in [6, 6.07) is 111. The topological polar surface area (TPSA) is 101 Å². The van der Waals surface area contributed by atoms with Crippen molar-refractivity contribution in [3.8, 4) is 108 Å². The predicted octanol–water partition coefficient (Wildman–Crippen LogP) is 20.6. The number of rotatable bonds is 10. The first-order valence-electron chi connectivity index (χ1n) is 30.4. The van der Waals surface area contributed by atoms with Crippen LogP contribution in [0, 0.1) is 22.7 Å². The van der Waals surface area contributed by atoms with E-state index in [1.54, 1.807) is 0 Å². The van der Waals surface area contributed by atoms with E-state index in [1.807, 2.05) is 72.8 Å². The zero-order valence-corrected chi connectivity index (χ0v) is 48.9. The van der Waals surface area contributed by atoms with Crippen LogP contribution in [0.1, 0.15) is 11.1 Å². The molecule has 0 bridgehead atoms. The van der Waals surface area contributed by atoms with Gasteiger partial charge in [0.25, 0.3) is 0 Å². The number of nitrogens with zero attached hydrogens (tertiary/aromatic N) is 8. The van der Waals surface area contributed by atoms with Crippen LogP contribution in [0.25, 0.3) is 161 Å². The smallest absolute Gasteiger partial charge is 0.164 e. The normalized spacial score (nSPS) is 11.5. The molecule has 0 aliphatic carbocycles. The van der Waals surface area contributed by atoms with Crippen molar-refractivity contribution in [1.29, 1.82) is 10.5 Å². The molecule has 13 aromatic carbocycles. The van der Waals surface area contributed by atoms with Gasteiger partial charge in [0.1, 0.15) is 0 Å². The maximum atomic E-state index is 10.2. The molecule has 4 aromatic heterocycles. The third kappa shape index (κ3) is 8.78. The second-order valence-corrected chi connectivity index (χ2v) is 22.9. The maximum absolute atomic E-state index is 10.2. The molecule has 0 aliphatic heterocycles. The van der Waals surface area contributed by atoms with Crippen LogP contribution in [0.3, 0.4) is 0 Å². The van der Waals surface area contributed by atoms with Crippen LogP contribution < -0.4 is 0 Å². The molecule has 0 N–H and O–H groups in total. The summed E-state index contributed by atoms with van der Waals surface area (Å²) in [5.74, 6) is 1.63. The van der Waals surface area contributed by atoms with Crippen molar-refractivity contribution in [1.82, 2.24) is 28.7 Å². The second kappa shape index (κ2) is 21.6. The highest BCUT2D eigenvalue weighted by molar-refractivity contribution is 6.15. The van der Waals surface area contributed by atoms with E-state index >= 15 is 0 Å². The molecule has 0 unspecified atom stereocenters. The monoisotopic (exact) mass is 1160 g/mol. The number of hydrogen-bond acceptors (Lipinski definition) is 5. The lowest BCUT2D eigenvalue weighted by atomic mass is 9.90. The fourth-order valence-electron chi connectivity index (χ4n) is 13.7. The minimum atomic E-state index is 0.515. The van der Waals surface area contributed by atoms with E-state index < -0.39 is 0 Å². The number of nitriles is 2. The molecule has 0 fully saturated rings. The zero-order valence-electron chi connectivity index (χ0n) is 48.9. The quantitative estimate of drug-likeness (QED) is 0.136. The molecular formula is C83H50N8. The average Bonchev–Trinajstić information content (AvgIpc) is 1.64. The van der Waals surface area contributed by atoms with E-state index in [0.29, 0.717) is 28.6 Å². The van der Waals surface area contributed by atoms with Gasteiger partial charge in [-0.2, -0.15) is 10.5 Å². The molecule has 0 amide bonds. The molecule has 0 aliphatic rings. The van der Waals surface area contributed by atoms with E-state index in [4.69, 9.17) is 15.0 Å². The standard InChI is InChI=1S/C83H50N8/c84-51-53-21-19-27-57(45-53)59-41-43-78-68(47-59)69-48-60(58-28-20-22-54(46-58)52-85)42-44-79(69)91(78)80-70(66-33-11-17-39-76(66)89-72-35-13-7-29-62(72)63-30-8-14-36-73(63)89)49-61(83-87-81(55-23-3-1-4-24-55)86-82(88-83)56-25-5-2-6-26-56)50-71(80)67-34-12-18-40-77(67)90-74-37-15-9-31-64(74)65-32-10-16-38-75(65)90/h1-50H. The van der Waals surface area contributed by atoms with Crippen LogP contribution in [0.2, 0.25) is 0 Å². The SMILES string of the molecule is N#Cc1cccc(-c2ccc3c(c2)c2cc(-c4cccc(C#N)c4)ccc2n3-c2c(-c3ccccc3-n3c4ccccc4c4ccccc43)cc(-c3nc(-c4ccccc4)nc(-c4ccccc4)n3)cc2-c2ccccc2-n2c3ccccc3c3ccccc32)c1. The molecular weight excluding hydrogens is 1110 g/mol. The Labute approximate surface area is 524 Å². The lowest BCUT2D eigenvalue weighted by molar-refractivity contribution is 1.07. The van der Waals surface area contributed by atoms with Crippen LogP contribution in [0.4, 0.5) is 0 Å². The van der Waals surface area contributed by atoms with Crippen LogP contribution in [0.5, 0.6) is 0 Å². The molecule has 8 nitrogen and oxygen atoms in total. The van der Waals surface area contributed by atoms with Crippen molar-refractivity contribution in [2.75, 3.05) is 0 Å². The summed E-state index contributed by atoms with van der Waals surface area (Å²) < 4.78 is 7.30. The molecule has 0 atom stereocenters. The fraction of sp³-hybridized carbons (Fsp3) is 0. The zero-order chi connectivity index (χ0) is 60.5. The van der Waals surface area contributed by atoms with Crippen LogP contribution >= 0.6 is 0 Å². The van der Waals surface area contributed by atoms with Crippen LogP contribution in [0.15, 0.2) is 303 Å². The molecule has 91 heavy (non-hydrogen) atoms. The first-order chi connectivity index (χ1) is 45.0. The van der Waals surface area contributed by atoms with E-state index in [1.165, 1.54) is 0 Å². The number of benzene rings is 13. The first kappa shape index (κ1) is 52.6. The van der Waals surface area contributed by atoms with Crippen molar-refractivity contribution < 1.29 is 0 Å². The van der Waals surface area contributed by atoms with Crippen molar-refractivity contribution >= 4 is 65.4 Å². The Kier molecular flexibility index (Phi) is 12.5. The average molecular weight is 1160 g/mol. The van der Waals surface area contributed by atoms with E-state index in [0.717, 1.165) is 144 Å². The number of aromatic nitrogens is 6. The number of fused-ring (bicyclic) bond motifs is 9. The molecule has 4 heterocycles. The van der Waals surface area contributed by atoms with Gasteiger partial charge in [-0.05, 0) is 119 Å². The minimum absolute atomic E-state index is 0.515. The Morgan fingerprint density at radius 3 is 0.967 bits per heavy atom. The Morgan fingerprint density at radius 2 is 0.560 bits per heavy atom. The summed E-state index contributed by atoms with van der Waals surface area (Å²) in [5.41, 5.74) is 20.5. The molecule has 0 radical (unpaired) electrons. The summed E-state index contributed by atoms with van der Waals surface area (Å²) in [5, 5.41) is 27.0. The van der Waals surface area contributed by atoms with Gasteiger partial charge in [-0.25, -0.2) is 15.0 Å². The van der Waals surface area contributed by atoms with Crippen molar-refractivity contribution in [3.63, 3.8) is 0 Å². The van der Waals surface area contributed by atoms with Crippen LogP contribution in [-0.2, 0) is 0 Å². The molecule has 17 rings (SSSR count). The Balaban J connectivity index is 1.06. The lowest BCUT2D eigenvalue weighted by Gasteiger charge is -2.24. The van der Waals surface area contributed by atoms with Gasteiger partial charge in [-0.15, -0.1) is 0 Å². The Hall–Kier alpha value is -12.8. The summed E-state index contributed by atoms with van der Waals surface area (Å²) in [6.07, 6.45) is 0. The van der Waals surface area contributed by atoms with E-state index in [-0.39, 0.29) is 0 Å². The third-order valence-electron chi connectivity index (χ3n) is 17.7. The highest BCUT2D eigenvalue weighted by atomic mass is 15.0. The molecule has 8 heteroatoms. The Morgan fingerprint density at radius 1 is 0.231 bits per heavy atom. The van der Waals surface area contributed by atoms with Gasteiger partial charge in [0.05, 0.1) is 73.4 Å². The second-order valence-electron chi connectivity index (χ2n) is 22.9. The van der Waals surface area contributed by atoms with Gasteiger partial charge in [0, 0.05) is 71.3 Å². The number of hydrogen-bond donors (Lipinski definition) is 0. The minimum Gasteiger partial charge on any atom is -0.309 e. The molecule has 0 saturated carbocycles. The lowest BCUT2D eigenvalue weighted by Crippen LogP contribution is -2.07. The van der Waals surface area contributed by atoms with Crippen molar-refractivity contribution in [2.45, 2.75) is 0 Å². The number of para-hydroxylation sites is 6. The Bertz CT molecular complexity index is 5420. The van der Waals surface area contributed by atoms with Crippen LogP contribution in [-0.4, -0.2) is 28.7 Å².